The Morgan fingerprint density at radius 3 is 2.75 bits per heavy atom. The van der Waals surface area contributed by atoms with Crippen LogP contribution in [-0.2, 0) is 9.53 Å². The maximum atomic E-state index is 11.8. The second kappa shape index (κ2) is 6.27. The van der Waals surface area contributed by atoms with Gasteiger partial charge in [0, 0.05) is 0 Å². The Morgan fingerprint density at radius 2 is 2.10 bits per heavy atom. The molecule has 110 valence electrons. The highest BCUT2D eigenvalue weighted by atomic mass is 16.5. The van der Waals surface area contributed by atoms with Gasteiger partial charge in [-0.2, -0.15) is 0 Å². The molecule has 0 radical (unpaired) electrons. The molecule has 2 N–H and O–H groups in total. The molecule has 1 aliphatic carbocycles. The van der Waals surface area contributed by atoms with Crippen molar-refractivity contribution in [2.75, 3.05) is 13.7 Å². The lowest BCUT2D eigenvalue weighted by molar-refractivity contribution is -0.148. The molecule has 0 heterocycles. The van der Waals surface area contributed by atoms with Crippen LogP contribution >= 0.6 is 0 Å². The smallest absolute Gasteiger partial charge is 0.326 e. The number of methoxy groups -OCH3 is 1. The number of benzene rings is 1. The standard InChI is InChI=1S/C16H23NO3/c1-12-5-7-14(8-6-12)20-11-9-13-4-3-10-16(13,17)15(18)19-2/h5-8,13H,3-4,9-11,17H2,1-2H3. The second-order valence-corrected chi connectivity index (χ2v) is 5.57. The number of aryl methyl sites for hydroxylation is 1. The Hall–Kier alpha value is -1.55. The minimum absolute atomic E-state index is 0.139. The fourth-order valence-corrected chi connectivity index (χ4v) is 2.92. The van der Waals surface area contributed by atoms with E-state index >= 15 is 0 Å². The molecule has 4 nitrogen and oxygen atoms in total. The largest absolute Gasteiger partial charge is 0.494 e. The molecule has 1 fully saturated rings. The molecule has 2 rings (SSSR count). The van der Waals surface area contributed by atoms with Crippen LogP contribution in [0.4, 0.5) is 0 Å². The molecule has 1 aromatic carbocycles. The summed E-state index contributed by atoms with van der Waals surface area (Å²) in [4.78, 5) is 11.8. The van der Waals surface area contributed by atoms with Gasteiger partial charge in [0.2, 0.25) is 0 Å². The molecule has 1 saturated carbocycles. The van der Waals surface area contributed by atoms with Crippen molar-refractivity contribution in [3.63, 3.8) is 0 Å². The first-order chi connectivity index (χ1) is 9.56. The molecule has 0 bridgehead atoms. The summed E-state index contributed by atoms with van der Waals surface area (Å²) in [5.41, 5.74) is 6.61. The molecule has 2 unspecified atom stereocenters. The summed E-state index contributed by atoms with van der Waals surface area (Å²) in [6, 6.07) is 7.96. The Morgan fingerprint density at radius 1 is 1.40 bits per heavy atom. The second-order valence-electron chi connectivity index (χ2n) is 5.57. The highest BCUT2D eigenvalue weighted by Gasteiger charge is 2.46. The summed E-state index contributed by atoms with van der Waals surface area (Å²) < 4.78 is 10.6. The lowest BCUT2D eigenvalue weighted by Gasteiger charge is -2.28. The van der Waals surface area contributed by atoms with Crippen molar-refractivity contribution < 1.29 is 14.3 Å². The van der Waals surface area contributed by atoms with Crippen LogP contribution in [0.15, 0.2) is 24.3 Å². The minimum atomic E-state index is -0.828. The van der Waals surface area contributed by atoms with Gasteiger partial charge < -0.3 is 15.2 Å². The third-order valence-corrected chi connectivity index (χ3v) is 4.19. The van der Waals surface area contributed by atoms with E-state index in [9.17, 15) is 4.79 Å². The summed E-state index contributed by atoms with van der Waals surface area (Å²) >= 11 is 0. The normalized spacial score (nSPS) is 25.4. The van der Waals surface area contributed by atoms with E-state index in [4.69, 9.17) is 15.2 Å². The van der Waals surface area contributed by atoms with Crippen molar-refractivity contribution in [1.29, 1.82) is 0 Å². The van der Waals surface area contributed by atoms with Crippen molar-refractivity contribution in [2.45, 2.75) is 38.1 Å². The van der Waals surface area contributed by atoms with Crippen LogP contribution in [-0.4, -0.2) is 25.2 Å². The molecule has 1 aliphatic rings. The zero-order valence-electron chi connectivity index (χ0n) is 12.2. The molecule has 0 aliphatic heterocycles. The van der Waals surface area contributed by atoms with Crippen LogP contribution in [0, 0.1) is 12.8 Å². The van der Waals surface area contributed by atoms with Crippen molar-refractivity contribution >= 4 is 5.97 Å². The Labute approximate surface area is 120 Å². The first-order valence-corrected chi connectivity index (χ1v) is 7.13. The molecule has 1 aromatic rings. The van der Waals surface area contributed by atoms with Gasteiger partial charge >= 0.3 is 5.97 Å². The maximum absolute atomic E-state index is 11.8. The number of carbonyl (C=O) groups is 1. The third kappa shape index (κ3) is 3.12. The van der Waals surface area contributed by atoms with Gasteiger partial charge in [-0.1, -0.05) is 24.1 Å². The highest BCUT2D eigenvalue weighted by Crippen LogP contribution is 2.36. The molecule has 20 heavy (non-hydrogen) atoms. The number of rotatable bonds is 5. The van der Waals surface area contributed by atoms with Gasteiger partial charge in [-0.3, -0.25) is 4.79 Å². The van der Waals surface area contributed by atoms with Crippen molar-refractivity contribution in [2.24, 2.45) is 11.7 Å². The molecular formula is C16H23NO3. The van der Waals surface area contributed by atoms with Crippen molar-refractivity contribution in [1.82, 2.24) is 0 Å². The maximum Gasteiger partial charge on any atom is 0.326 e. The van der Waals surface area contributed by atoms with Gasteiger partial charge in [0.05, 0.1) is 13.7 Å². The molecule has 0 saturated heterocycles. The molecule has 0 spiro atoms. The quantitative estimate of drug-likeness (QED) is 0.840. The third-order valence-electron chi connectivity index (χ3n) is 4.19. The van der Waals surface area contributed by atoms with Crippen LogP contribution in [0.2, 0.25) is 0 Å². The van der Waals surface area contributed by atoms with E-state index in [1.54, 1.807) is 0 Å². The van der Waals surface area contributed by atoms with Crippen LogP contribution < -0.4 is 10.5 Å². The van der Waals surface area contributed by atoms with Crippen LogP contribution in [0.25, 0.3) is 0 Å². The molecular weight excluding hydrogens is 254 g/mol. The predicted octanol–water partition coefficient (Wildman–Crippen LogP) is 2.43. The fraction of sp³-hybridized carbons (Fsp3) is 0.562. The van der Waals surface area contributed by atoms with Crippen LogP contribution in [0.5, 0.6) is 5.75 Å². The summed E-state index contributed by atoms with van der Waals surface area (Å²) in [5.74, 6) is 0.699. The number of ether oxygens (including phenoxy) is 2. The van der Waals surface area contributed by atoms with Crippen molar-refractivity contribution in [3.8, 4) is 5.75 Å². The Kier molecular flexibility index (Phi) is 4.65. The van der Waals surface area contributed by atoms with E-state index in [1.165, 1.54) is 12.7 Å². The number of hydrogen-bond donors (Lipinski definition) is 1. The zero-order valence-corrected chi connectivity index (χ0v) is 12.2. The average Bonchev–Trinajstić information content (AvgIpc) is 2.83. The first-order valence-electron chi connectivity index (χ1n) is 7.13. The zero-order chi connectivity index (χ0) is 14.6. The summed E-state index contributed by atoms with van der Waals surface area (Å²) in [7, 11) is 1.40. The molecule has 4 heteroatoms. The van der Waals surface area contributed by atoms with E-state index in [0.717, 1.165) is 25.0 Å². The van der Waals surface area contributed by atoms with Crippen LogP contribution in [0.3, 0.4) is 0 Å². The van der Waals surface area contributed by atoms with Crippen molar-refractivity contribution in [3.05, 3.63) is 29.8 Å². The monoisotopic (exact) mass is 277 g/mol. The van der Waals surface area contributed by atoms with Gasteiger partial charge in [0.25, 0.3) is 0 Å². The van der Waals surface area contributed by atoms with Crippen LogP contribution in [0.1, 0.15) is 31.2 Å². The van der Waals surface area contributed by atoms with E-state index in [1.807, 2.05) is 31.2 Å². The average molecular weight is 277 g/mol. The summed E-state index contributed by atoms with van der Waals surface area (Å²) in [5, 5.41) is 0. The van der Waals surface area contributed by atoms with E-state index in [0.29, 0.717) is 13.0 Å². The van der Waals surface area contributed by atoms with Gasteiger partial charge in [0.15, 0.2) is 0 Å². The topological polar surface area (TPSA) is 61.5 Å². The van der Waals surface area contributed by atoms with Gasteiger partial charge in [-0.15, -0.1) is 0 Å². The molecule has 0 amide bonds. The number of carbonyl (C=O) groups excluding carboxylic acids is 1. The van der Waals surface area contributed by atoms with Gasteiger partial charge in [-0.25, -0.2) is 0 Å². The first kappa shape index (κ1) is 14.9. The van der Waals surface area contributed by atoms with Gasteiger partial charge in [0.1, 0.15) is 11.3 Å². The SMILES string of the molecule is COC(=O)C1(N)CCCC1CCOc1ccc(C)cc1. The minimum Gasteiger partial charge on any atom is -0.494 e. The Bertz CT molecular complexity index is 457. The number of esters is 1. The van der Waals surface area contributed by atoms with E-state index in [2.05, 4.69) is 0 Å². The number of hydrogen-bond acceptors (Lipinski definition) is 4. The number of nitrogens with two attached hydrogens (primary N) is 1. The van der Waals surface area contributed by atoms with Gasteiger partial charge in [-0.05, 0) is 44.2 Å². The lowest BCUT2D eigenvalue weighted by atomic mass is 9.86. The molecule has 0 aromatic heterocycles. The highest BCUT2D eigenvalue weighted by molar-refractivity contribution is 5.81. The fourth-order valence-electron chi connectivity index (χ4n) is 2.92. The Balaban J connectivity index is 1.87. The van der Waals surface area contributed by atoms with E-state index in [-0.39, 0.29) is 11.9 Å². The summed E-state index contributed by atoms with van der Waals surface area (Å²) in [6.07, 6.45) is 3.41. The molecule has 2 atom stereocenters. The lowest BCUT2D eigenvalue weighted by Crippen LogP contribution is -2.52. The summed E-state index contributed by atoms with van der Waals surface area (Å²) in [6.45, 7) is 2.62. The predicted molar refractivity (Wildman–Crippen MR) is 77.6 cm³/mol. The van der Waals surface area contributed by atoms with E-state index < -0.39 is 5.54 Å².